The standard InChI is InChI=1S/C15H18N4O4/c1-9(11(7-16)14(20)19-15(17)21)18-8-10-4-5-12(22-2)13(6-10)23-3/h4-6,18H,8H2,1-3H3,(H3,17,19,20,21). The second-order valence-corrected chi connectivity index (χ2v) is 4.47. The average Bonchev–Trinajstić information content (AvgIpc) is 2.52. The molecule has 0 spiro atoms. The summed E-state index contributed by atoms with van der Waals surface area (Å²) >= 11 is 0. The molecule has 8 nitrogen and oxygen atoms in total. The summed E-state index contributed by atoms with van der Waals surface area (Å²) in [6, 6.07) is 6.06. The maximum Gasteiger partial charge on any atom is 0.319 e. The second kappa shape index (κ2) is 8.29. The van der Waals surface area contributed by atoms with Gasteiger partial charge in [-0.15, -0.1) is 0 Å². The lowest BCUT2D eigenvalue weighted by molar-refractivity contribution is -0.116. The first kappa shape index (κ1) is 17.8. The number of nitrogens with one attached hydrogen (secondary N) is 2. The van der Waals surface area contributed by atoms with Crippen molar-refractivity contribution in [1.82, 2.24) is 10.6 Å². The van der Waals surface area contributed by atoms with Crippen LogP contribution in [0, 0.1) is 11.3 Å². The maximum absolute atomic E-state index is 11.7. The molecule has 0 atom stereocenters. The largest absolute Gasteiger partial charge is 0.493 e. The molecule has 0 aliphatic heterocycles. The molecule has 1 aromatic carbocycles. The van der Waals surface area contributed by atoms with E-state index in [-0.39, 0.29) is 5.57 Å². The van der Waals surface area contributed by atoms with Gasteiger partial charge in [-0.25, -0.2) is 4.79 Å². The van der Waals surface area contributed by atoms with Crippen LogP contribution in [0.3, 0.4) is 0 Å². The third kappa shape index (κ3) is 4.93. The highest BCUT2D eigenvalue weighted by atomic mass is 16.5. The van der Waals surface area contributed by atoms with Crippen LogP contribution in [0.25, 0.3) is 0 Å². The lowest BCUT2D eigenvalue weighted by Crippen LogP contribution is -2.36. The molecule has 1 rings (SSSR count). The number of imide groups is 1. The zero-order valence-electron chi connectivity index (χ0n) is 13.1. The van der Waals surface area contributed by atoms with E-state index in [2.05, 4.69) is 5.32 Å². The lowest BCUT2D eigenvalue weighted by atomic mass is 10.1. The number of methoxy groups -OCH3 is 2. The van der Waals surface area contributed by atoms with Crippen LogP contribution in [0.4, 0.5) is 4.79 Å². The Labute approximate surface area is 133 Å². The normalized spacial score (nSPS) is 10.9. The molecule has 0 heterocycles. The molecular formula is C15H18N4O4. The summed E-state index contributed by atoms with van der Waals surface area (Å²) < 4.78 is 10.3. The number of primary amides is 1. The zero-order chi connectivity index (χ0) is 17.4. The molecule has 0 radical (unpaired) electrons. The molecule has 23 heavy (non-hydrogen) atoms. The minimum atomic E-state index is -1.02. The average molecular weight is 318 g/mol. The van der Waals surface area contributed by atoms with E-state index in [1.807, 2.05) is 11.4 Å². The molecular weight excluding hydrogens is 300 g/mol. The fraction of sp³-hybridized carbons (Fsp3) is 0.267. The lowest BCUT2D eigenvalue weighted by Gasteiger charge is -2.12. The summed E-state index contributed by atoms with van der Waals surface area (Å²) in [6.45, 7) is 1.90. The van der Waals surface area contributed by atoms with Crippen molar-refractivity contribution in [2.45, 2.75) is 13.5 Å². The number of allylic oxidation sites excluding steroid dienone is 1. The molecule has 0 fully saturated rings. The number of hydrogen-bond donors (Lipinski definition) is 3. The molecule has 1 aromatic rings. The fourth-order valence-corrected chi connectivity index (χ4v) is 1.79. The van der Waals surface area contributed by atoms with Gasteiger partial charge >= 0.3 is 6.03 Å². The van der Waals surface area contributed by atoms with Crippen molar-refractivity contribution >= 4 is 11.9 Å². The predicted molar refractivity (Wildman–Crippen MR) is 82.4 cm³/mol. The minimum absolute atomic E-state index is 0.218. The number of nitrogens with zero attached hydrogens (tertiary/aromatic N) is 1. The molecule has 4 N–H and O–H groups in total. The third-order valence-electron chi connectivity index (χ3n) is 2.96. The van der Waals surface area contributed by atoms with Crippen molar-refractivity contribution in [3.63, 3.8) is 0 Å². The number of amides is 3. The summed E-state index contributed by atoms with van der Waals surface area (Å²) in [6.07, 6.45) is 0. The first-order chi connectivity index (χ1) is 10.9. The molecule has 0 saturated carbocycles. The molecule has 122 valence electrons. The van der Waals surface area contributed by atoms with E-state index in [1.54, 1.807) is 32.2 Å². The number of nitriles is 1. The molecule has 0 saturated heterocycles. The van der Waals surface area contributed by atoms with Gasteiger partial charge in [0, 0.05) is 12.2 Å². The monoisotopic (exact) mass is 318 g/mol. The summed E-state index contributed by atoms with van der Waals surface area (Å²) in [5.74, 6) is 0.319. The van der Waals surface area contributed by atoms with Crippen molar-refractivity contribution in [3.8, 4) is 17.6 Å². The van der Waals surface area contributed by atoms with Crippen LogP contribution in [0.2, 0.25) is 0 Å². The van der Waals surface area contributed by atoms with Gasteiger partial charge in [-0.05, 0) is 24.6 Å². The number of benzene rings is 1. The van der Waals surface area contributed by atoms with Crippen LogP contribution >= 0.6 is 0 Å². The van der Waals surface area contributed by atoms with E-state index in [1.165, 1.54) is 7.11 Å². The SMILES string of the molecule is COc1ccc(CNC(C)=C(C#N)C(=O)NC(N)=O)cc1OC. The van der Waals surface area contributed by atoms with Gasteiger partial charge in [0.05, 0.1) is 14.2 Å². The molecule has 0 aromatic heterocycles. The van der Waals surface area contributed by atoms with Crippen molar-refractivity contribution < 1.29 is 19.1 Å². The maximum atomic E-state index is 11.7. The summed E-state index contributed by atoms with van der Waals surface area (Å²) in [5.41, 5.74) is 5.82. The van der Waals surface area contributed by atoms with E-state index in [0.717, 1.165) is 5.56 Å². The first-order valence-corrected chi connectivity index (χ1v) is 6.59. The topological polar surface area (TPSA) is 126 Å². The Kier molecular flexibility index (Phi) is 6.43. The highest BCUT2D eigenvalue weighted by Crippen LogP contribution is 2.27. The summed E-state index contributed by atoms with van der Waals surface area (Å²) in [5, 5.41) is 13.8. The van der Waals surface area contributed by atoms with E-state index >= 15 is 0 Å². The number of urea groups is 1. The van der Waals surface area contributed by atoms with Gasteiger partial charge in [0.25, 0.3) is 5.91 Å². The first-order valence-electron chi connectivity index (χ1n) is 6.59. The molecule has 0 aliphatic carbocycles. The fourth-order valence-electron chi connectivity index (χ4n) is 1.79. The van der Waals surface area contributed by atoms with E-state index < -0.39 is 11.9 Å². The highest BCUT2D eigenvalue weighted by Gasteiger charge is 2.14. The van der Waals surface area contributed by atoms with Gasteiger partial charge in [-0.2, -0.15) is 5.26 Å². The smallest absolute Gasteiger partial charge is 0.319 e. The van der Waals surface area contributed by atoms with Gasteiger partial charge in [0.15, 0.2) is 11.5 Å². The Morgan fingerprint density at radius 1 is 1.26 bits per heavy atom. The van der Waals surface area contributed by atoms with Gasteiger partial charge in [0.2, 0.25) is 0 Å². The Morgan fingerprint density at radius 2 is 1.91 bits per heavy atom. The Bertz CT molecular complexity index is 677. The van der Waals surface area contributed by atoms with Crippen LogP contribution in [0.1, 0.15) is 12.5 Å². The molecule has 0 unspecified atom stereocenters. The third-order valence-corrected chi connectivity index (χ3v) is 2.96. The summed E-state index contributed by atoms with van der Waals surface area (Å²) in [4.78, 5) is 22.3. The predicted octanol–water partition coefficient (Wildman–Crippen LogP) is 0.786. The van der Waals surface area contributed by atoms with Crippen molar-refractivity contribution in [1.29, 1.82) is 5.26 Å². The molecule has 8 heteroatoms. The number of carbonyl (C=O) groups excluding carboxylic acids is 2. The Hall–Kier alpha value is -3.21. The Balaban J connectivity index is 2.87. The molecule has 3 amide bonds. The van der Waals surface area contributed by atoms with Gasteiger partial charge < -0.3 is 20.5 Å². The molecule has 0 aliphatic rings. The van der Waals surface area contributed by atoms with Gasteiger partial charge in [-0.1, -0.05) is 6.07 Å². The minimum Gasteiger partial charge on any atom is -0.493 e. The quantitative estimate of drug-likeness (QED) is 0.525. The van der Waals surface area contributed by atoms with Crippen molar-refractivity contribution in [2.75, 3.05) is 14.2 Å². The second-order valence-electron chi connectivity index (χ2n) is 4.47. The van der Waals surface area contributed by atoms with Crippen LogP contribution < -0.4 is 25.8 Å². The molecule has 0 bridgehead atoms. The number of nitrogens with two attached hydrogens (primary N) is 1. The van der Waals surface area contributed by atoms with Crippen LogP contribution in [-0.4, -0.2) is 26.2 Å². The number of carbonyl (C=O) groups is 2. The van der Waals surface area contributed by atoms with E-state index in [9.17, 15) is 9.59 Å². The van der Waals surface area contributed by atoms with Crippen LogP contribution in [0.5, 0.6) is 11.5 Å². The number of ether oxygens (including phenoxy) is 2. The Morgan fingerprint density at radius 3 is 2.43 bits per heavy atom. The van der Waals surface area contributed by atoms with Crippen molar-refractivity contribution in [3.05, 3.63) is 35.0 Å². The number of rotatable bonds is 6. The summed E-state index contributed by atoms with van der Waals surface area (Å²) in [7, 11) is 3.07. The highest BCUT2D eigenvalue weighted by molar-refractivity contribution is 6.06. The number of hydrogen-bond acceptors (Lipinski definition) is 6. The van der Waals surface area contributed by atoms with Gasteiger partial charge in [0.1, 0.15) is 11.6 Å². The van der Waals surface area contributed by atoms with Crippen molar-refractivity contribution in [2.24, 2.45) is 5.73 Å². The zero-order valence-corrected chi connectivity index (χ0v) is 13.1. The van der Waals surface area contributed by atoms with E-state index in [0.29, 0.717) is 23.7 Å². The van der Waals surface area contributed by atoms with Crippen LogP contribution in [-0.2, 0) is 11.3 Å². The van der Waals surface area contributed by atoms with Crippen LogP contribution in [0.15, 0.2) is 29.5 Å². The van der Waals surface area contributed by atoms with E-state index in [4.69, 9.17) is 20.5 Å². The van der Waals surface area contributed by atoms with Gasteiger partial charge in [-0.3, -0.25) is 10.1 Å².